The van der Waals surface area contributed by atoms with Crippen LogP contribution < -0.4 is 5.32 Å². The Labute approximate surface area is 137 Å². The van der Waals surface area contributed by atoms with Gasteiger partial charge >= 0.3 is 0 Å². The molecule has 0 fully saturated rings. The summed E-state index contributed by atoms with van der Waals surface area (Å²) in [4.78, 5) is 0. The lowest BCUT2D eigenvalue weighted by atomic mass is 10.1. The van der Waals surface area contributed by atoms with Crippen LogP contribution in [0.2, 0.25) is 0 Å². The number of halogens is 1. The first-order valence-corrected chi connectivity index (χ1v) is 7.67. The molecule has 0 spiro atoms. The maximum absolute atomic E-state index is 14.0. The monoisotopic (exact) mass is 311 g/mol. The van der Waals surface area contributed by atoms with Gasteiger partial charge in [-0.1, -0.05) is 42.2 Å². The molecule has 120 valence electrons. The maximum Gasteiger partial charge on any atom is 0.127 e. The van der Waals surface area contributed by atoms with Crippen molar-refractivity contribution in [2.45, 2.75) is 39.0 Å². The quantitative estimate of drug-likeness (QED) is 0.842. The van der Waals surface area contributed by atoms with Crippen molar-refractivity contribution in [3.05, 3.63) is 71.0 Å². The van der Waals surface area contributed by atoms with Crippen LogP contribution in [0.4, 0.5) is 4.39 Å². The highest BCUT2D eigenvalue weighted by Gasteiger charge is 2.09. The van der Waals surface area contributed by atoms with E-state index in [0.717, 1.165) is 5.56 Å². The minimum Gasteiger partial charge on any atom is -0.378 e. The largest absolute Gasteiger partial charge is 0.378 e. The van der Waals surface area contributed by atoms with Crippen molar-refractivity contribution in [2.75, 3.05) is 0 Å². The van der Waals surface area contributed by atoms with Crippen molar-refractivity contribution >= 4 is 0 Å². The summed E-state index contributed by atoms with van der Waals surface area (Å²) in [7, 11) is 0. The van der Waals surface area contributed by atoms with Crippen LogP contribution >= 0.6 is 0 Å². The highest BCUT2D eigenvalue weighted by molar-refractivity contribution is 5.39. The summed E-state index contributed by atoms with van der Waals surface area (Å²) < 4.78 is 14.0. The second kappa shape index (κ2) is 7.41. The molecular formula is C20H22FNO. The van der Waals surface area contributed by atoms with Gasteiger partial charge in [0.05, 0.1) is 0 Å². The Kier molecular flexibility index (Phi) is 5.54. The van der Waals surface area contributed by atoms with E-state index in [1.807, 2.05) is 37.3 Å². The van der Waals surface area contributed by atoms with Crippen LogP contribution in [-0.4, -0.2) is 10.7 Å². The van der Waals surface area contributed by atoms with E-state index in [2.05, 4.69) is 17.2 Å². The number of hydrogen-bond donors (Lipinski definition) is 2. The van der Waals surface area contributed by atoms with Crippen molar-refractivity contribution in [1.82, 2.24) is 5.32 Å². The van der Waals surface area contributed by atoms with Crippen LogP contribution in [0.3, 0.4) is 0 Å². The molecule has 0 aliphatic heterocycles. The SMILES string of the molecule is CC(NCc1cc(C#CC(C)(C)O)ccc1F)c1ccccc1. The molecular weight excluding hydrogens is 289 g/mol. The molecule has 2 N–H and O–H groups in total. The molecule has 0 aliphatic carbocycles. The predicted octanol–water partition coefficient (Wildman–Crippen LogP) is 3.80. The van der Waals surface area contributed by atoms with Gasteiger partial charge in [0.25, 0.3) is 0 Å². The van der Waals surface area contributed by atoms with E-state index >= 15 is 0 Å². The number of benzene rings is 2. The summed E-state index contributed by atoms with van der Waals surface area (Å²) in [5.74, 6) is 5.36. The second-order valence-electron chi connectivity index (χ2n) is 6.13. The fourth-order valence-corrected chi connectivity index (χ4v) is 2.14. The summed E-state index contributed by atoms with van der Waals surface area (Å²) in [6, 6.07) is 14.9. The summed E-state index contributed by atoms with van der Waals surface area (Å²) in [5.41, 5.74) is 1.35. The van der Waals surface area contributed by atoms with E-state index < -0.39 is 5.60 Å². The molecule has 1 unspecified atom stereocenters. The minimum absolute atomic E-state index is 0.127. The third kappa shape index (κ3) is 5.52. The smallest absolute Gasteiger partial charge is 0.127 e. The lowest BCUT2D eigenvalue weighted by Gasteiger charge is -2.14. The normalized spacial score (nSPS) is 12.4. The standard InChI is InChI=1S/C20H22FNO/c1-15(17-7-5-4-6-8-17)22-14-18-13-16(9-10-19(18)21)11-12-20(2,3)23/h4-10,13,15,22-23H,14H2,1-3H3. The van der Waals surface area contributed by atoms with Crippen LogP contribution in [0.25, 0.3) is 0 Å². The molecule has 2 rings (SSSR count). The highest BCUT2D eigenvalue weighted by Crippen LogP contribution is 2.15. The summed E-state index contributed by atoms with van der Waals surface area (Å²) in [5, 5.41) is 13.0. The fraction of sp³-hybridized carbons (Fsp3) is 0.300. The Morgan fingerprint density at radius 3 is 2.52 bits per heavy atom. The molecule has 2 nitrogen and oxygen atoms in total. The van der Waals surface area contributed by atoms with E-state index in [4.69, 9.17) is 0 Å². The molecule has 0 aromatic heterocycles. The Morgan fingerprint density at radius 1 is 1.17 bits per heavy atom. The van der Waals surface area contributed by atoms with E-state index in [1.54, 1.807) is 26.0 Å². The fourth-order valence-electron chi connectivity index (χ4n) is 2.14. The molecule has 0 amide bonds. The topological polar surface area (TPSA) is 32.3 Å². The molecule has 0 saturated carbocycles. The van der Waals surface area contributed by atoms with Crippen molar-refractivity contribution in [3.63, 3.8) is 0 Å². The maximum atomic E-state index is 14.0. The van der Waals surface area contributed by atoms with Crippen LogP contribution in [0.15, 0.2) is 48.5 Å². The Balaban J connectivity index is 2.09. The first kappa shape index (κ1) is 17.2. The third-order valence-electron chi connectivity index (χ3n) is 3.46. The Morgan fingerprint density at radius 2 is 1.87 bits per heavy atom. The van der Waals surface area contributed by atoms with Gasteiger partial charge < -0.3 is 10.4 Å². The van der Waals surface area contributed by atoms with Gasteiger partial charge in [-0.15, -0.1) is 0 Å². The molecule has 1 atom stereocenters. The average Bonchev–Trinajstić information content (AvgIpc) is 2.52. The van der Waals surface area contributed by atoms with E-state index in [9.17, 15) is 9.50 Å². The van der Waals surface area contributed by atoms with E-state index in [-0.39, 0.29) is 11.9 Å². The van der Waals surface area contributed by atoms with E-state index in [0.29, 0.717) is 17.7 Å². The van der Waals surface area contributed by atoms with Gasteiger partial charge in [-0.3, -0.25) is 0 Å². The second-order valence-corrected chi connectivity index (χ2v) is 6.13. The number of rotatable bonds is 4. The summed E-state index contributed by atoms with van der Waals surface area (Å²) in [6.45, 7) is 5.70. The average molecular weight is 311 g/mol. The van der Waals surface area contributed by atoms with Crippen LogP contribution in [-0.2, 0) is 6.54 Å². The van der Waals surface area contributed by atoms with Crippen molar-refractivity contribution < 1.29 is 9.50 Å². The zero-order valence-electron chi connectivity index (χ0n) is 13.7. The summed E-state index contributed by atoms with van der Waals surface area (Å²) in [6.07, 6.45) is 0. The van der Waals surface area contributed by atoms with Gasteiger partial charge in [-0.2, -0.15) is 0 Å². The Hall–Kier alpha value is -2.15. The van der Waals surface area contributed by atoms with Gasteiger partial charge in [0, 0.05) is 23.7 Å². The lowest BCUT2D eigenvalue weighted by Crippen LogP contribution is -2.18. The van der Waals surface area contributed by atoms with Gasteiger partial charge in [0.2, 0.25) is 0 Å². The van der Waals surface area contributed by atoms with Crippen LogP contribution in [0.5, 0.6) is 0 Å². The molecule has 0 bridgehead atoms. The molecule has 0 heterocycles. The number of aliphatic hydroxyl groups is 1. The zero-order chi connectivity index (χ0) is 16.9. The third-order valence-corrected chi connectivity index (χ3v) is 3.46. The molecule has 0 aliphatic rings. The molecule has 2 aromatic carbocycles. The van der Waals surface area contributed by atoms with Crippen molar-refractivity contribution in [2.24, 2.45) is 0 Å². The van der Waals surface area contributed by atoms with Crippen molar-refractivity contribution in [3.8, 4) is 11.8 Å². The van der Waals surface area contributed by atoms with Crippen molar-refractivity contribution in [1.29, 1.82) is 0 Å². The number of hydrogen-bond acceptors (Lipinski definition) is 2. The predicted molar refractivity (Wildman–Crippen MR) is 91.3 cm³/mol. The Bertz CT molecular complexity index is 708. The molecule has 0 radical (unpaired) electrons. The first-order valence-electron chi connectivity index (χ1n) is 7.67. The van der Waals surface area contributed by atoms with Crippen LogP contribution in [0.1, 0.15) is 43.5 Å². The molecule has 3 heteroatoms. The van der Waals surface area contributed by atoms with Gasteiger partial charge in [0.15, 0.2) is 0 Å². The van der Waals surface area contributed by atoms with Gasteiger partial charge in [0.1, 0.15) is 11.4 Å². The lowest BCUT2D eigenvalue weighted by molar-refractivity contribution is 0.143. The summed E-state index contributed by atoms with van der Waals surface area (Å²) >= 11 is 0. The van der Waals surface area contributed by atoms with Gasteiger partial charge in [-0.05, 0) is 44.5 Å². The van der Waals surface area contributed by atoms with Crippen LogP contribution in [0, 0.1) is 17.7 Å². The zero-order valence-corrected chi connectivity index (χ0v) is 13.7. The highest BCUT2D eigenvalue weighted by atomic mass is 19.1. The molecule has 2 aromatic rings. The molecule has 23 heavy (non-hydrogen) atoms. The number of nitrogens with one attached hydrogen (secondary N) is 1. The molecule has 0 saturated heterocycles. The van der Waals surface area contributed by atoms with Gasteiger partial charge in [-0.25, -0.2) is 4.39 Å². The van der Waals surface area contributed by atoms with E-state index in [1.165, 1.54) is 6.07 Å². The minimum atomic E-state index is -1.06. The first-order chi connectivity index (χ1) is 10.8.